The molecule has 0 aromatic heterocycles. The summed E-state index contributed by atoms with van der Waals surface area (Å²) in [4.78, 5) is 36.1. The largest absolute Gasteiger partial charge is 0.494 e. The van der Waals surface area contributed by atoms with E-state index in [1.807, 2.05) is 6.92 Å². The van der Waals surface area contributed by atoms with Crippen LogP contribution < -0.4 is 10.1 Å². The molecule has 7 heteroatoms. The predicted octanol–water partition coefficient (Wildman–Crippen LogP) is 3.36. The lowest BCUT2D eigenvalue weighted by Gasteiger charge is -2.36. The predicted molar refractivity (Wildman–Crippen MR) is 112 cm³/mol. The van der Waals surface area contributed by atoms with Crippen molar-refractivity contribution in [2.75, 3.05) is 19.8 Å². The zero-order chi connectivity index (χ0) is 22.1. The molecule has 1 amide bonds. The van der Waals surface area contributed by atoms with Crippen molar-refractivity contribution >= 4 is 17.8 Å². The number of hydrogen-bond donors (Lipinski definition) is 1. The van der Waals surface area contributed by atoms with Crippen molar-refractivity contribution in [3.05, 3.63) is 29.8 Å². The molecule has 166 valence electrons. The summed E-state index contributed by atoms with van der Waals surface area (Å²) in [5.41, 5.74) is 0.400. The Labute approximate surface area is 178 Å². The molecule has 3 atom stereocenters. The summed E-state index contributed by atoms with van der Waals surface area (Å²) < 4.78 is 15.9. The molecule has 0 spiro atoms. The minimum atomic E-state index is -0.691. The zero-order valence-corrected chi connectivity index (χ0v) is 18.3. The van der Waals surface area contributed by atoms with Gasteiger partial charge in [-0.3, -0.25) is 9.59 Å². The normalized spacial score (nSPS) is 21.0. The number of carbonyl (C=O) groups excluding carboxylic acids is 3. The highest BCUT2D eigenvalue weighted by atomic mass is 16.6. The first kappa shape index (κ1) is 23.7. The molecule has 1 saturated carbocycles. The second-order valence-electron chi connectivity index (χ2n) is 8.16. The van der Waals surface area contributed by atoms with Crippen molar-refractivity contribution < 1.29 is 28.6 Å². The highest BCUT2D eigenvalue weighted by Crippen LogP contribution is 2.35. The molecule has 30 heavy (non-hydrogen) atoms. The molecule has 1 aromatic carbocycles. The van der Waals surface area contributed by atoms with Crippen LogP contribution in [0.4, 0.5) is 0 Å². The number of amides is 1. The third-order valence-corrected chi connectivity index (χ3v) is 5.42. The van der Waals surface area contributed by atoms with Crippen LogP contribution in [0.25, 0.3) is 0 Å². The molecule has 0 heterocycles. The Kier molecular flexibility index (Phi) is 9.15. The summed E-state index contributed by atoms with van der Waals surface area (Å²) in [5.74, 6) is 0.283. The highest BCUT2D eigenvalue weighted by molar-refractivity contribution is 5.96. The van der Waals surface area contributed by atoms with E-state index in [2.05, 4.69) is 26.1 Å². The lowest BCUT2D eigenvalue weighted by atomic mass is 9.75. The SMILES string of the molecule is CCOc1ccc(C(=O)NCC(=O)OCC(=O)O[C@@H]2C[C@@H](C)CC[C@@H]2C(C)C)cc1. The van der Waals surface area contributed by atoms with E-state index in [0.29, 0.717) is 35.7 Å². The Balaban J connectivity index is 1.73. The second kappa shape index (κ2) is 11.6. The smallest absolute Gasteiger partial charge is 0.344 e. The van der Waals surface area contributed by atoms with Crippen LogP contribution in [0.5, 0.6) is 5.75 Å². The van der Waals surface area contributed by atoms with Crippen molar-refractivity contribution in [3.8, 4) is 5.75 Å². The van der Waals surface area contributed by atoms with Gasteiger partial charge in [-0.2, -0.15) is 0 Å². The van der Waals surface area contributed by atoms with E-state index in [0.717, 1.165) is 19.3 Å². The highest BCUT2D eigenvalue weighted by Gasteiger charge is 2.33. The molecule has 0 radical (unpaired) electrons. The third-order valence-electron chi connectivity index (χ3n) is 5.42. The fourth-order valence-corrected chi connectivity index (χ4v) is 3.77. The first-order valence-corrected chi connectivity index (χ1v) is 10.7. The number of hydrogen-bond acceptors (Lipinski definition) is 6. The van der Waals surface area contributed by atoms with Crippen LogP contribution in [-0.4, -0.2) is 43.7 Å². The maximum atomic E-state index is 12.1. The first-order valence-electron chi connectivity index (χ1n) is 10.7. The van der Waals surface area contributed by atoms with Gasteiger partial charge in [0.25, 0.3) is 5.91 Å². The maximum absolute atomic E-state index is 12.1. The van der Waals surface area contributed by atoms with Gasteiger partial charge in [-0.05, 0) is 61.8 Å². The molecule has 0 saturated heterocycles. The van der Waals surface area contributed by atoms with Gasteiger partial charge in [-0.15, -0.1) is 0 Å². The van der Waals surface area contributed by atoms with E-state index in [1.165, 1.54) is 0 Å². The van der Waals surface area contributed by atoms with Crippen LogP contribution >= 0.6 is 0 Å². The quantitative estimate of drug-likeness (QED) is 0.617. The fraction of sp³-hybridized carbons (Fsp3) is 0.609. The molecule has 1 N–H and O–H groups in total. The van der Waals surface area contributed by atoms with Crippen LogP contribution in [0.15, 0.2) is 24.3 Å². The van der Waals surface area contributed by atoms with Crippen LogP contribution in [-0.2, 0) is 19.1 Å². The minimum Gasteiger partial charge on any atom is -0.494 e. The summed E-state index contributed by atoms with van der Waals surface area (Å²) >= 11 is 0. The standard InChI is InChI=1S/C23H33NO6/c1-5-28-18-9-7-17(8-10-18)23(27)24-13-21(25)29-14-22(26)30-20-12-16(4)6-11-19(20)15(2)3/h7-10,15-16,19-20H,5-6,11-14H2,1-4H3,(H,24,27)/t16-,19+,20+/m0/s1. The molecule has 2 rings (SSSR count). The number of ether oxygens (including phenoxy) is 3. The van der Waals surface area contributed by atoms with E-state index < -0.39 is 24.5 Å². The van der Waals surface area contributed by atoms with E-state index in [9.17, 15) is 14.4 Å². The lowest BCUT2D eigenvalue weighted by molar-refractivity contribution is -0.166. The Morgan fingerprint density at radius 2 is 1.80 bits per heavy atom. The molecule has 1 aliphatic rings. The van der Waals surface area contributed by atoms with Gasteiger partial charge in [0.15, 0.2) is 6.61 Å². The molecule has 1 aliphatic carbocycles. The van der Waals surface area contributed by atoms with Gasteiger partial charge in [0.2, 0.25) is 0 Å². The Hall–Kier alpha value is -2.57. The lowest BCUT2D eigenvalue weighted by Crippen LogP contribution is -2.37. The van der Waals surface area contributed by atoms with Crippen LogP contribution in [0.1, 0.15) is 57.3 Å². The zero-order valence-electron chi connectivity index (χ0n) is 18.3. The number of esters is 2. The van der Waals surface area contributed by atoms with Gasteiger partial charge in [-0.1, -0.05) is 27.2 Å². The molecule has 1 fully saturated rings. The fourth-order valence-electron chi connectivity index (χ4n) is 3.77. The number of carbonyl (C=O) groups is 3. The Morgan fingerprint density at radius 1 is 1.10 bits per heavy atom. The van der Waals surface area contributed by atoms with Gasteiger partial charge in [0.05, 0.1) is 6.61 Å². The summed E-state index contributed by atoms with van der Waals surface area (Å²) in [6.45, 7) is 8.06. The molecule has 1 aromatic rings. The van der Waals surface area contributed by atoms with Gasteiger partial charge < -0.3 is 19.5 Å². The van der Waals surface area contributed by atoms with Crippen molar-refractivity contribution in [3.63, 3.8) is 0 Å². The molecule has 0 unspecified atom stereocenters. The average molecular weight is 420 g/mol. The van der Waals surface area contributed by atoms with Crippen LogP contribution in [0.2, 0.25) is 0 Å². The molecular formula is C23H33NO6. The first-order chi connectivity index (χ1) is 14.3. The molecular weight excluding hydrogens is 386 g/mol. The van der Waals surface area contributed by atoms with Crippen molar-refractivity contribution in [2.24, 2.45) is 17.8 Å². The Bertz CT molecular complexity index is 715. The van der Waals surface area contributed by atoms with Gasteiger partial charge in [0.1, 0.15) is 18.4 Å². The van der Waals surface area contributed by atoms with Crippen molar-refractivity contribution in [1.29, 1.82) is 0 Å². The summed E-state index contributed by atoms with van der Waals surface area (Å²) in [6, 6.07) is 6.59. The minimum absolute atomic E-state index is 0.140. The van der Waals surface area contributed by atoms with E-state index in [-0.39, 0.29) is 12.6 Å². The van der Waals surface area contributed by atoms with Gasteiger partial charge in [-0.25, -0.2) is 4.79 Å². The summed E-state index contributed by atoms with van der Waals surface area (Å²) in [6.07, 6.45) is 2.87. The molecule has 7 nitrogen and oxygen atoms in total. The van der Waals surface area contributed by atoms with Crippen LogP contribution in [0.3, 0.4) is 0 Å². The van der Waals surface area contributed by atoms with Crippen molar-refractivity contribution in [2.45, 2.75) is 53.1 Å². The van der Waals surface area contributed by atoms with E-state index in [4.69, 9.17) is 14.2 Å². The maximum Gasteiger partial charge on any atom is 0.344 e. The van der Waals surface area contributed by atoms with E-state index >= 15 is 0 Å². The Morgan fingerprint density at radius 3 is 2.43 bits per heavy atom. The third kappa shape index (κ3) is 7.35. The number of nitrogens with one attached hydrogen (secondary N) is 1. The van der Waals surface area contributed by atoms with Gasteiger partial charge >= 0.3 is 11.9 Å². The van der Waals surface area contributed by atoms with Crippen molar-refractivity contribution in [1.82, 2.24) is 5.32 Å². The number of rotatable bonds is 9. The van der Waals surface area contributed by atoms with Gasteiger partial charge in [0, 0.05) is 5.56 Å². The number of benzene rings is 1. The average Bonchev–Trinajstić information content (AvgIpc) is 2.71. The molecule has 0 bridgehead atoms. The van der Waals surface area contributed by atoms with E-state index in [1.54, 1.807) is 24.3 Å². The van der Waals surface area contributed by atoms with Crippen LogP contribution in [0, 0.1) is 17.8 Å². The summed E-state index contributed by atoms with van der Waals surface area (Å²) in [5, 5.41) is 2.48. The monoisotopic (exact) mass is 419 g/mol. The topological polar surface area (TPSA) is 90.9 Å². The summed E-state index contributed by atoms with van der Waals surface area (Å²) in [7, 11) is 0. The molecule has 0 aliphatic heterocycles. The second-order valence-corrected chi connectivity index (χ2v) is 8.16.